The number of nitro groups is 1. The van der Waals surface area contributed by atoms with Crippen LogP contribution in [-0.2, 0) is 6.54 Å². The molecule has 0 aliphatic carbocycles. The van der Waals surface area contributed by atoms with E-state index >= 15 is 0 Å². The number of rotatable bonds is 5. The van der Waals surface area contributed by atoms with Gasteiger partial charge in [0.25, 0.3) is 5.69 Å². The molecule has 1 unspecified atom stereocenters. The first-order valence-electron chi connectivity index (χ1n) is 6.06. The molecule has 7 heteroatoms. The van der Waals surface area contributed by atoms with Crippen LogP contribution in [0, 0.1) is 17.0 Å². The third-order valence-electron chi connectivity index (χ3n) is 2.86. The van der Waals surface area contributed by atoms with Crippen LogP contribution in [0.4, 0.5) is 5.69 Å². The number of aromatic nitrogens is 1. The minimum Gasteiger partial charge on any atom is -0.304 e. The molecule has 0 bridgehead atoms. The van der Waals surface area contributed by atoms with E-state index in [2.05, 4.69) is 26.2 Å². The lowest BCUT2D eigenvalue weighted by Gasteiger charge is -2.12. The number of halogens is 1. The van der Waals surface area contributed by atoms with Gasteiger partial charge in [-0.25, -0.2) is 4.98 Å². The molecule has 0 fully saturated rings. The predicted molar refractivity (Wildman–Crippen MR) is 82.9 cm³/mol. The van der Waals surface area contributed by atoms with Gasteiger partial charge in [-0.1, -0.05) is 12.1 Å². The third kappa shape index (κ3) is 3.41. The first-order chi connectivity index (χ1) is 9.49. The van der Waals surface area contributed by atoms with Crippen molar-refractivity contribution in [3.05, 3.63) is 54.4 Å². The summed E-state index contributed by atoms with van der Waals surface area (Å²) in [6.07, 6.45) is 1.85. The highest BCUT2D eigenvalue weighted by atomic mass is 79.9. The van der Waals surface area contributed by atoms with E-state index in [-0.39, 0.29) is 16.7 Å². The second-order valence-corrected chi connectivity index (χ2v) is 6.48. The van der Waals surface area contributed by atoms with Crippen LogP contribution in [0.2, 0.25) is 0 Å². The molecule has 2 rings (SSSR count). The lowest BCUT2D eigenvalue weighted by Crippen LogP contribution is -2.18. The summed E-state index contributed by atoms with van der Waals surface area (Å²) in [6.45, 7) is 4.59. The van der Waals surface area contributed by atoms with Crippen LogP contribution in [0.15, 0.2) is 28.9 Å². The van der Waals surface area contributed by atoms with Gasteiger partial charge in [0.05, 0.1) is 15.4 Å². The molecule has 0 saturated heterocycles. The van der Waals surface area contributed by atoms with Crippen LogP contribution in [0.3, 0.4) is 0 Å². The van der Waals surface area contributed by atoms with Gasteiger partial charge in [0, 0.05) is 23.7 Å². The fourth-order valence-electron chi connectivity index (χ4n) is 1.77. The van der Waals surface area contributed by atoms with Crippen molar-refractivity contribution in [1.82, 2.24) is 10.3 Å². The molecule has 1 heterocycles. The zero-order valence-corrected chi connectivity index (χ0v) is 13.5. The lowest BCUT2D eigenvalue weighted by atomic mass is 10.2. The Bertz CT molecular complexity index is 630. The molecule has 2 aromatic rings. The summed E-state index contributed by atoms with van der Waals surface area (Å²) in [6, 6.07) is 5.16. The Kier molecular flexibility index (Phi) is 4.85. The van der Waals surface area contributed by atoms with Crippen LogP contribution in [0.1, 0.15) is 28.4 Å². The third-order valence-corrected chi connectivity index (χ3v) is 4.87. The largest absolute Gasteiger partial charge is 0.304 e. The summed E-state index contributed by atoms with van der Waals surface area (Å²) in [5, 5.41) is 15.2. The maximum absolute atomic E-state index is 10.9. The van der Waals surface area contributed by atoms with Crippen molar-refractivity contribution in [1.29, 1.82) is 0 Å². The number of thiazole rings is 1. The van der Waals surface area contributed by atoms with Gasteiger partial charge >= 0.3 is 0 Å². The molecule has 1 N–H and O–H groups in total. The first kappa shape index (κ1) is 15.1. The SMILES string of the molecule is Cc1cnc(C(C)NCc2cccc([N+](=O)[O-])c2Br)s1. The van der Waals surface area contributed by atoms with Gasteiger partial charge in [0.15, 0.2) is 0 Å². The normalized spacial score (nSPS) is 12.3. The van der Waals surface area contributed by atoms with E-state index in [1.165, 1.54) is 10.9 Å². The molecule has 0 radical (unpaired) electrons. The van der Waals surface area contributed by atoms with Gasteiger partial charge in [-0.15, -0.1) is 11.3 Å². The number of aryl methyl sites for hydroxylation is 1. The number of hydrogen-bond donors (Lipinski definition) is 1. The predicted octanol–water partition coefficient (Wildman–Crippen LogP) is 3.97. The van der Waals surface area contributed by atoms with E-state index in [9.17, 15) is 10.1 Å². The average molecular weight is 356 g/mol. The fourth-order valence-corrected chi connectivity index (χ4v) is 3.12. The topological polar surface area (TPSA) is 68.1 Å². The summed E-state index contributed by atoms with van der Waals surface area (Å²) < 4.78 is 0.528. The van der Waals surface area contributed by atoms with E-state index < -0.39 is 0 Å². The van der Waals surface area contributed by atoms with Crippen molar-refractivity contribution in [3.8, 4) is 0 Å². The van der Waals surface area contributed by atoms with E-state index in [1.807, 2.05) is 26.1 Å². The number of nitro benzene ring substituents is 1. The van der Waals surface area contributed by atoms with Crippen LogP contribution < -0.4 is 5.32 Å². The summed E-state index contributed by atoms with van der Waals surface area (Å²) in [5.41, 5.74) is 0.946. The first-order valence-corrected chi connectivity index (χ1v) is 7.67. The van der Waals surface area contributed by atoms with Gasteiger partial charge in [-0.3, -0.25) is 10.1 Å². The van der Waals surface area contributed by atoms with Gasteiger partial charge in [0.2, 0.25) is 0 Å². The van der Waals surface area contributed by atoms with Crippen LogP contribution in [0.5, 0.6) is 0 Å². The summed E-state index contributed by atoms with van der Waals surface area (Å²) in [4.78, 5) is 16.0. The van der Waals surface area contributed by atoms with Crippen molar-refractivity contribution < 1.29 is 4.92 Å². The molecular formula is C13H14BrN3O2S. The summed E-state index contributed by atoms with van der Waals surface area (Å²) >= 11 is 4.95. The van der Waals surface area contributed by atoms with Crippen LogP contribution in [-0.4, -0.2) is 9.91 Å². The number of hydrogen-bond acceptors (Lipinski definition) is 5. The number of nitrogens with zero attached hydrogens (tertiary/aromatic N) is 2. The molecule has 20 heavy (non-hydrogen) atoms. The van der Waals surface area contributed by atoms with Crippen molar-refractivity contribution in [2.45, 2.75) is 26.4 Å². The monoisotopic (exact) mass is 355 g/mol. The van der Waals surface area contributed by atoms with Crippen molar-refractivity contribution >= 4 is 33.0 Å². The Labute approximate surface area is 129 Å². The minimum absolute atomic E-state index is 0.0852. The maximum Gasteiger partial charge on any atom is 0.283 e. The van der Waals surface area contributed by atoms with E-state index in [0.717, 1.165) is 10.6 Å². The second kappa shape index (κ2) is 6.43. The Balaban J connectivity index is 2.08. The smallest absolute Gasteiger partial charge is 0.283 e. The highest BCUT2D eigenvalue weighted by Crippen LogP contribution is 2.28. The van der Waals surface area contributed by atoms with Gasteiger partial charge < -0.3 is 5.32 Å². The Morgan fingerprint density at radius 3 is 2.90 bits per heavy atom. The molecule has 106 valence electrons. The Morgan fingerprint density at radius 2 is 2.30 bits per heavy atom. The molecule has 1 aromatic heterocycles. The molecule has 1 aromatic carbocycles. The molecular weight excluding hydrogens is 342 g/mol. The lowest BCUT2D eigenvalue weighted by molar-refractivity contribution is -0.385. The van der Waals surface area contributed by atoms with Gasteiger partial charge in [-0.05, 0) is 35.3 Å². The van der Waals surface area contributed by atoms with Crippen molar-refractivity contribution in [3.63, 3.8) is 0 Å². The molecule has 0 aliphatic rings. The molecule has 0 spiro atoms. The van der Waals surface area contributed by atoms with E-state index in [0.29, 0.717) is 11.0 Å². The molecule has 0 aliphatic heterocycles. The highest BCUT2D eigenvalue weighted by Gasteiger charge is 2.16. The van der Waals surface area contributed by atoms with Crippen LogP contribution >= 0.6 is 27.3 Å². The fraction of sp³-hybridized carbons (Fsp3) is 0.308. The van der Waals surface area contributed by atoms with E-state index in [4.69, 9.17) is 0 Å². The number of benzene rings is 1. The van der Waals surface area contributed by atoms with Gasteiger partial charge in [0.1, 0.15) is 5.01 Å². The zero-order valence-electron chi connectivity index (χ0n) is 11.1. The Hall–Kier alpha value is -1.31. The Morgan fingerprint density at radius 1 is 1.55 bits per heavy atom. The van der Waals surface area contributed by atoms with Crippen LogP contribution in [0.25, 0.3) is 0 Å². The minimum atomic E-state index is -0.388. The molecule has 5 nitrogen and oxygen atoms in total. The summed E-state index contributed by atoms with van der Waals surface area (Å²) in [7, 11) is 0. The maximum atomic E-state index is 10.9. The standard InChI is InChI=1S/C13H14BrN3O2S/c1-8-6-16-13(20-8)9(2)15-7-10-4-3-5-11(12(10)14)17(18)19/h3-6,9,15H,7H2,1-2H3. The summed E-state index contributed by atoms with van der Waals surface area (Å²) in [5.74, 6) is 0. The number of nitrogens with one attached hydrogen (secondary N) is 1. The van der Waals surface area contributed by atoms with Gasteiger partial charge in [-0.2, -0.15) is 0 Å². The van der Waals surface area contributed by atoms with Crippen molar-refractivity contribution in [2.24, 2.45) is 0 Å². The average Bonchev–Trinajstić information content (AvgIpc) is 2.83. The zero-order chi connectivity index (χ0) is 14.7. The highest BCUT2D eigenvalue weighted by molar-refractivity contribution is 9.10. The quantitative estimate of drug-likeness (QED) is 0.650. The molecule has 0 saturated carbocycles. The van der Waals surface area contributed by atoms with Crippen molar-refractivity contribution in [2.75, 3.05) is 0 Å². The molecule has 0 amide bonds. The van der Waals surface area contributed by atoms with E-state index in [1.54, 1.807) is 17.4 Å². The second-order valence-electron chi connectivity index (χ2n) is 4.42. The molecule has 1 atom stereocenters.